The van der Waals surface area contributed by atoms with Gasteiger partial charge >= 0.3 is 5.97 Å². The SMILES string of the molecule is C[C@@H](C(=O)O)N(NS(=O)(=O)c1cccc2ccccc12)C(=O)CNC(=O)C(CCC1CCNCC1)CCC1CCNCC1. The number of amides is 2. The summed E-state index contributed by atoms with van der Waals surface area (Å²) in [4.78, 5) is 40.7. The number of hydrogen-bond acceptors (Lipinski definition) is 7. The van der Waals surface area contributed by atoms with Gasteiger partial charge in [0.1, 0.15) is 6.04 Å². The summed E-state index contributed by atoms with van der Waals surface area (Å²) in [5.74, 6) is -1.64. The van der Waals surface area contributed by atoms with Crippen LogP contribution in [-0.2, 0) is 24.4 Å². The number of aliphatic carboxylic acids is 1. The van der Waals surface area contributed by atoms with Crippen molar-refractivity contribution in [3.05, 3.63) is 42.5 Å². The van der Waals surface area contributed by atoms with E-state index in [1.807, 2.05) is 0 Å². The molecule has 43 heavy (non-hydrogen) atoms. The van der Waals surface area contributed by atoms with Crippen LogP contribution in [0.5, 0.6) is 0 Å². The summed E-state index contributed by atoms with van der Waals surface area (Å²) >= 11 is 0. The molecule has 0 saturated carbocycles. The van der Waals surface area contributed by atoms with Gasteiger partial charge in [0.05, 0.1) is 11.4 Å². The first-order valence-electron chi connectivity index (χ1n) is 15.4. The third-order valence-corrected chi connectivity index (χ3v) is 10.2. The average Bonchev–Trinajstić information content (AvgIpc) is 3.02. The van der Waals surface area contributed by atoms with Crippen LogP contribution >= 0.6 is 0 Å². The van der Waals surface area contributed by atoms with Crippen molar-refractivity contribution in [2.75, 3.05) is 32.7 Å². The number of piperidine rings is 2. The summed E-state index contributed by atoms with van der Waals surface area (Å²) < 4.78 is 26.8. The van der Waals surface area contributed by atoms with Gasteiger partial charge in [0.2, 0.25) is 5.91 Å². The smallest absolute Gasteiger partial charge is 0.327 e. The zero-order chi connectivity index (χ0) is 30.8. The molecule has 236 valence electrons. The molecule has 2 heterocycles. The fraction of sp³-hybridized carbons (Fsp3) is 0.581. The van der Waals surface area contributed by atoms with Gasteiger partial charge in [-0.3, -0.25) is 9.59 Å². The lowest BCUT2D eigenvalue weighted by atomic mass is 9.84. The van der Waals surface area contributed by atoms with Gasteiger partial charge in [0.25, 0.3) is 15.9 Å². The largest absolute Gasteiger partial charge is 0.480 e. The highest BCUT2D eigenvalue weighted by molar-refractivity contribution is 7.89. The molecule has 0 aromatic heterocycles. The van der Waals surface area contributed by atoms with Crippen LogP contribution < -0.4 is 20.8 Å². The maximum Gasteiger partial charge on any atom is 0.327 e. The van der Waals surface area contributed by atoms with E-state index in [-0.39, 0.29) is 16.7 Å². The Morgan fingerprint density at radius 1 is 0.907 bits per heavy atom. The Balaban J connectivity index is 1.43. The minimum atomic E-state index is -4.34. The van der Waals surface area contributed by atoms with E-state index in [0.717, 1.165) is 77.5 Å². The van der Waals surface area contributed by atoms with Gasteiger partial charge in [-0.25, -0.2) is 18.2 Å². The predicted octanol–water partition coefficient (Wildman–Crippen LogP) is 2.63. The summed E-state index contributed by atoms with van der Waals surface area (Å²) in [5, 5.41) is 20.8. The lowest BCUT2D eigenvalue weighted by molar-refractivity contribution is -0.150. The second-order valence-corrected chi connectivity index (χ2v) is 13.4. The Morgan fingerprint density at radius 2 is 1.47 bits per heavy atom. The summed E-state index contributed by atoms with van der Waals surface area (Å²) in [7, 11) is -4.34. The molecule has 2 aliphatic rings. The Bertz CT molecular complexity index is 1330. The summed E-state index contributed by atoms with van der Waals surface area (Å²) in [5.41, 5.74) is 0. The van der Waals surface area contributed by atoms with Crippen LogP contribution in [-0.4, -0.2) is 75.1 Å². The van der Waals surface area contributed by atoms with E-state index in [1.54, 1.807) is 36.4 Å². The van der Waals surface area contributed by atoms with E-state index in [4.69, 9.17) is 0 Å². The summed E-state index contributed by atoms with van der Waals surface area (Å²) in [6.07, 6.45) is 7.65. The van der Waals surface area contributed by atoms with Crippen molar-refractivity contribution in [3.63, 3.8) is 0 Å². The van der Waals surface area contributed by atoms with Crippen molar-refractivity contribution >= 4 is 38.6 Å². The maximum absolute atomic E-state index is 13.4. The molecule has 1 atom stereocenters. The molecule has 2 aromatic rings. The Labute approximate surface area is 254 Å². The normalized spacial score (nSPS) is 17.5. The first-order valence-corrected chi connectivity index (χ1v) is 16.9. The number of nitrogens with one attached hydrogen (secondary N) is 4. The zero-order valence-electron chi connectivity index (χ0n) is 24.9. The fourth-order valence-corrected chi connectivity index (χ4v) is 7.43. The van der Waals surface area contributed by atoms with Gasteiger partial charge in [0.15, 0.2) is 0 Å². The number of sulfonamides is 1. The first kappa shape index (κ1) is 32.8. The number of carbonyl (C=O) groups excluding carboxylic acids is 2. The topological polar surface area (TPSA) is 157 Å². The van der Waals surface area contributed by atoms with E-state index >= 15 is 0 Å². The number of fused-ring (bicyclic) bond motifs is 1. The molecule has 0 bridgehead atoms. The quantitative estimate of drug-likeness (QED) is 0.203. The minimum absolute atomic E-state index is 0.0825. The van der Waals surface area contributed by atoms with Gasteiger partial charge in [-0.2, -0.15) is 0 Å². The second-order valence-electron chi connectivity index (χ2n) is 11.8. The lowest BCUT2D eigenvalue weighted by Crippen LogP contribution is -2.56. The van der Waals surface area contributed by atoms with Gasteiger partial charge in [-0.05, 0) is 108 Å². The Morgan fingerprint density at radius 3 is 2.05 bits per heavy atom. The molecule has 2 fully saturated rings. The highest BCUT2D eigenvalue weighted by atomic mass is 32.2. The fourth-order valence-electron chi connectivity index (χ4n) is 6.08. The number of carbonyl (C=O) groups is 3. The number of benzene rings is 2. The zero-order valence-corrected chi connectivity index (χ0v) is 25.7. The van der Waals surface area contributed by atoms with Crippen LogP contribution in [0.2, 0.25) is 0 Å². The summed E-state index contributed by atoms with van der Waals surface area (Å²) in [6, 6.07) is 10.1. The molecule has 2 amide bonds. The molecular formula is C31H45N5O6S. The monoisotopic (exact) mass is 615 g/mol. The van der Waals surface area contributed by atoms with Gasteiger partial charge in [-0.1, -0.05) is 36.4 Å². The molecule has 2 aromatic carbocycles. The van der Waals surface area contributed by atoms with Crippen molar-refractivity contribution in [3.8, 4) is 0 Å². The van der Waals surface area contributed by atoms with Crippen LogP contribution in [0.25, 0.3) is 10.8 Å². The number of carboxylic acid groups (broad SMARTS) is 1. The Kier molecular flexibility index (Phi) is 11.9. The molecular weight excluding hydrogens is 570 g/mol. The van der Waals surface area contributed by atoms with Crippen molar-refractivity contribution < 1.29 is 27.9 Å². The minimum Gasteiger partial charge on any atom is -0.480 e. The summed E-state index contributed by atoms with van der Waals surface area (Å²) in [6.45, 7) is 4.63. The third-order valence-electron chi connectivity index (χ3n) is 8.82. The second kappa shape index (κ2) is 15.6. The standard InChI is InChI=1S/C31H45N5O6S/c1-22(31(39)40)36(35-43(41,42)28-8-4-6-25-5-2-3-7-27(25)28)29(37)21-34-30(38)26(11-9-23-13-17-32-18-14-23)12-10-24-15-19-33-20-16-24/h2-8,22-24,26,32-33,35H,9-21H2,1H3,(H,34,38)(H,39,40)/t22-/m0/s1. The number of nitrogens with zero attached hydrogens (tertiary/aromatic N) is 1. The van der Waals surface area contributed by atoms with Gasteiger partial charge < -0.3 is 21.1 Å². The van der Waals surface area contributed by atoms with Gasteiger partial charge in [-0.15, -0.1) is 4.83 Å². The van der Waals surface area contributed by atoms with Crippen LogP contribution in [0, 0.1) is 17.8 Å². The average molecular weight is 616 g/mol. The molecule has 4 rings (SSSR count). The van der Waals surface area contributed by atoms with Crippen molar-refractivity contribution in [2.24, 2.45) is 17.8 Å². The van der Waals surface area contributed by atoms with E-state index < -0.39 is 34.5 Å². The predicted molar refractivity (Wildman–Crippen MR) is 164 cm³/mol. The van der Waals surface area contributed by atoms with E-state index in [0.29, 0.717) is 27.6 Å². The lowest BCUT2D eigenvalue weighted by Gasteiger charge is -2.28. The number of carboxylic acids is 1. The maximum atomic E-state index is 13.4. The van der Waals surface area contributed by atoms with Crippen molar-refractivity contribution in [1.82, 2.24) is 25.8 Å². The van der Waals surface area contributed by atoms with Crippen LogP contribution in [0.4, 0.5) is 0 Å². The molecule has 2 aliphatic heterocycles. The molecule has 5 N–H and O–H groups in total. The highest BCUT2D eigenvalue weighted by Crippen LogP contribution is 2.27. The number of hydrogen-bond donors (Lipinski definition) is 5. The molecule has 0 radical (unpaired) electrons. The first-order chi connectivity index (χ1) is 20.7. The van der Waals surface area contributed by atoms with Crippen LogP contribution in [0.3, 0.4) is 0 Å². The van der Waals surface area contributed by atoms with E-state index in [1.165, 1.54) is 13.0 Å². The molecule has 11 nitrogen and oxygen atoms in total. The van der Waals surface area contributed by atoms with Gasteiger partial charge in [0, 0.05) is 11.3 Å². The molecule has 0 spiro atoms. The van der Waals surface area contributed by atoms with E-state index in [2.05, 4.69) is 20.8 Å². The van der Waals surface area contributed by atoms with E-state index in [9.17, 15) is 27.9 Å². The number of hydrazine groups is 1. The van der Waals surface area contributed by atoms with Crippen molar-refractivity contribution in [1.29, 1.82) is 0 Å². The van der Waals surface area contributed by atoms with Crippen LogP contribution in [0.1, 0.15) is 58.3 Å². The molecule has 2 saturated heterocycles. The molecule has 0 aliphatic carbocycles. The molecule has 0 unspecified atom stereocenters. The van der Waals surface area contributed by atoms with Crippen molar-refractivity contribution in [2.45, 2.75) is 69.2 Å². The van der Waals surface area contributed by atoms with Crippen LogP contribution in [0.15, 0.2) is 47.4 Å². The Hall–Kier alpha value is -3.06. The highest BCUT2D eigenvalue weighted by Gasteiger charge is 2.32. The molecule has 12 heteroatoms. The third kappa shape index (κ3) is 9.21. The number of rotatable bonds is 14.